The van der Waals surface area contributed by atoms with Gasteiger partial charge in [-0.3, -0.25) is 9.59 Å². The van der Waals surface area contributed by atoms with Crippen LogP contribution in [0.15, 0.2) is 0 Å². The molecule has 0 aromatic rings. The molecule has 1 heterocycles. The van der Waals surface area contributed by atoms with E-state index in [1.807, 2.05) is 18.7 Å². The van der Waals surface area contributed by atoms with Crippen molar-refractivity contribution in [1.82, 2.24) is 4.90 Å². The Morgan fingerprint density at radius 2 is 1.76 bits per heavy atom. The Kier molecular flexibility index (Phi) is 5.45. The number of carboxylic acid groups (broad SMARTS) is 1. The van der Waals surface area contributed by atoms with Crippen molar-refractivity contribution in [1.29, 1.82) is 0 Å². The van der Waals surface area contributed by atoms with Crippen LogP contribution in [0.3, 0.4) is 0 Å². The summed E-state index contributed by atoms with van der Waals surface area (Å²) in [6.07, 6.45) is 4.20. The van der Waals surface area contributed by atoms with E-state index in [-0.39, 0.29) is 11.8 Å². The average molecular weight is 241 g/mol. The van der Waals surface area contributed by atoms with Crippen molar-refractivity contribution in [3.8, 4) is 0 Å². The van der Waals surface area contributed by atoms with Gasteiger partial charge in [-0.15, -0.1) is 0 Å². The third kappa shape index (κ3) is 4.36. The lowest BCUT2D eigenvalue weighted by molar-refractivity contribution is -0.144. The number of hydrogen-bond donors (Lipinski definition) is 1. The van der Waals surface area contributed by atoms with E-state index in [2.05, 4.69) is 0 Å². The van der Waals surface area contributed by atoms with Crippen molar-refractivity contribution in [3.05, 3.63) is 0 Å². The highest BCUT2D eigenvalue weighted by Crippen LogP contribution is 2.19. The number of nitrogens with zero attached hydrogens (tertiary/aromatic N) is 1. The molecule has 1 saturated heterocycles. The standard InChI is InChI=1S/C13H23NO3/c1-10(2)11(13(16)17)6-7-12(15)14-8-4-3-5-9-14/h10-11H,3-9H2,1-2H3,(H,16,17). The predicted molar refractivity (Wildman–Crippen MR) is 65.6 cm³/mol. The highest BCUT2D eigenvalue weighted by atomic mass is 16.4. The van der Waals surface area contributed by atoms with Crippen LogP contribution in [0.2, 0.25) is 0 Å². The molecule has 1 N–H and O–H groups in total. The molecule has 0 aliphatic carbocycles. The second-order valence-corrected chi connectivity index (χ2v) is 5.17. The fourth-order valence-corrected chi connectivity index (χ4v) is 2.32. The van der Waals surface area contributed by atoms with Gasteiger partial charge in [0.25, 0.3) is 0 Å². The second kappa shape index (κ2) is 6.62. The van der Waals surface area contributed by atoms with E-state index in [9.17, 15) is 9.59 Å². The number of likely N-dealkylation sites (tertiary alicyclic amines) is 1. The van der Waals surface area contributed by atoms with Gasteiger partial charge in [0.05, 0.1) is 5.92 Å². The lowest BCUT2D eigenvalue weighted by Crippen LogP contribution is -2.36. The van der Waals surface area contributed by atoms with Crippen molar-refractivity contribution >= 4 is 11.9 Å². The van der Waals surface area contributed by atoms with Crippen LogP contribution in [0.1, 0.15) is 46.0 Å². The maximum atomic E-state index is 11.9. The molecular weight excluding hydrogens is 218 g/mol. The lowest BCUT2D eigenvalue weighted by atomic mass is 9.91. The second-order valence-electron chi connectivity index (χ2n) is 5.17. The summed E-state index contributed by atoms with van der Waals surface area (Å²) in [6, 6.07) is 0. The summed E-state index contributed by atoms with van der Waals surface area (Å²) in [5.41, 5.74) is 0. The highest BCUT2D eigenvalue weighted by molar-refractivity contribution is 5.77. The van der Waals surface area contributed by atoms with Crippen LogP contribution in [0.5, 0.6) is 0 Å². The Morgan fingerprint density at radius 1 is 1.18 bits per heavy atom. The van der Waals surface area contributed by atoms with E-state index in [4.69, 9.17) is 5.11 Å². The first-order valence-corrected chi connectivity index (χ1v) is 6.53. The zero-order valence-electron chi connectivity index (χ0n) is 10.8. The molecule has 17 heavy (non-hydrogen) atoms. The summed E-state index contributed by atoms with van der Waals surface area (Å²) in [5.74, 6) is -0.978. The molecule has 1 atom stereocenters. The smallest absolute Gasteiger partial charge is 0.306 e. The summed E-state index contributed by atoms with van der Waals surface area (Å²) < 4.78 is 0. The first-order valence-electron chi connectivity index (χ1n) is 6.53. The average Bonchev–Trinajstić information content (AvgIpc) is 2.29. The van der Waals surface area contributed by atoms with Gasteiger partial charge in [-0.2, -0.15) is 0 Å². The summed E-state index contributed by atoms with van der Waals surface area (Å²) in [7, 11) is 0. The van der Waals surface area contributed by atoms with Crippen molar-refractivity contribution in [2.24, 2.45) is 11.8 Å². The van der Waals surface area contributed by atoms with Crippen LogP contribution in [-0.2, 0) is 9.59 Å². The monoisotopic (exact) mass is 241 g/mol. The number of piperidine rings is 1. The first kappa shape index (κ1) is 14.0. The zero-order valence-corrected chi connectivity index (χ0v) is 10.8. The van der Waals surface area contributed by atoms with E-state index in [1.54, 1.807) is 0 Å². The Morgan fingerprint density at radius 3 is 2.24 bits per heavy atom. The van der Waals surface area contributed by atoms with Crippen molar-refractivity contribution in [3.63, 3.8) is 0 Å². The molecule has 1 unspecified atom stereocenters. The minimum atomic E-state index is -0.786. The topological polar surface area (TPSA) is 57.6 Å². The van der Waals surface area contributed by atoms with Gasteiger partial charge in [-0.1, -0.05) is 13.8 Å². The predicted octanol–water partition coefficient (Wildman–Crippen LogP) is 2.14. The fraction of sp³-hybridized carbons (Fsp3) is 0.846. The SMILES string of the molecule is CC(C)C(CCC(=O)N1CCCCC1)C(=O)O. The largest absolute Gasteiger partial charge is 0.481 e. The molecule has 0 aromatic carbocycles. The molecule has 0 radical (unpaired) electrons. The normalized spacial score (nSPS) is 18.2. The minimum absolute atomic E-state index is 0.0849. The molecule has 0 aromatic heterocycles. The maximum absolute atomic E-state index is 11.9. The van der Waals surface area contributed by atoms with Crippen LogP contribution in [-0.4, -0.2) is 35.0 Å². The molecular formula is C13H23NO3. The molecule has 4 heteroatoms. The van der Waals surface area contributed by atoms with Gasteiger partial charge in [0.1, 0.15) is 0 Å². The molecule has 98 valence electrons. The van der Waals surface area contributed by atoms with Gasteiger partial charge in [0, 0.05) is 19.5 Å². The van der Waals surface area contributed by atoms with Crippen LogP contribution in [0, 0.1) is 11.8 Å². The molecule has 1 amide bonds. The number of carbonyl (C=O) groups is 2. The van der Waals surface area contributed by atoms with Gasteiger partial charge < -0.3 is 10.0 Å². The van der Waals surface area contributed by atoms with E-state index in [0.717, 1.165) is 25.9 Å². The number of aliphatic carboxylic acids is 1. The Labute approximate surface area is 103 Å². The van der Waals surface area contributed by atoms with Gasteiger partial charge in [-0.25, -0.2) is 0 Å². The molecule has 0 spiro atoms. The molecule has 1 aliphatic rings. The molecule has 0 saturated carbocycles. The van der Waals surface area contributed by atoms with E-state index in [0.29, 0.717) is 12.8 Å². The number of rotatable bonds is 5. The Balaban J connectivity index is 2.37. The number of amides is 1. The maximum Gasteiger partial charge on any atom is 0.306 e. The number of carbonyl (C=O) groups excluding carboxylic acids is 1. The van der Waals surface area contributed by atoms with Crippen LogP contribution in [0.25, 0.3) is 0 Å². The summed E-state index contributed by atoms with van der Waals surface area (Å²) in [4.78, 5) is 24.8. The molecule has 1 aliphatic heterocycles. The minimum Gasteiger partial charge on any atom is -0.481 e. The van der Waals surface area contributed by atoms with Gasteiger partial charge in [0.15, 0.2) is 0 Å². The third-order valence-electron chi connectivity index (χ3n) is 3.50. The fourth-order valence-electron chi connectivity index (χ4n) is 2.32. The van der Waals surface area contributed by atoms with Gasteiger partial charge in [-0.05, 0) is 31.6 Å². The van der Waals surface area contributed by atoms with E-state index >= 15 is 0 Å². The molecule has 4 nitrogen and oxygen atoms in total. The van der Waals surface area contributed by atoms with Crippen LogP contribution in [0.4, 0.5) is 0 Å². The van der Waals surface area contributed by atoms with Gasteiger partial charge >= 0.3 is 5.97 Å². The summed E-state index contributed by atoms with van der Waals surface area (Å²) >= 11 is 0. The Bertz CT molecular complexity index is 270. The first-order chi connectivity index (χ1) is 8.02. The summed E-state index contributed by atoms with van der Waals surface area (Å²) in [5, 5.41) is 9.04. The third-order valence-corrected chi connectivity index (χ3v) is 3.50. The molecule has 0 bridgehead atoms. The van der Waals surface area contributed by atoms with Crippen LogP contribution < -0.4 is 0 Å². The Hall–Kier alpha value is -1.06. The van der Waals surface area contributed by atoms with Crippen molar-refractivity contribution in [2.75, 3.05) is 13.1 Å². The summed E-state index contributed by atoms with van der Waals surface area (Å²) in [6.45, 7) is 5.48. The lowest BCUT2D eigenvalue weighted by Gasteiger charge is -2.27. The number of hydrogen-bond acceptors (Lipinski definition) is 2. The van der Waals surface area contributed by atoms with Crippen molar-refractivity contribution in [2.45, 2.75) is 46.0 Å². The van der Waals surface area contributed by atoms with E-state index < -0.39 is 11.9 Å². The molecule has 1 fully saturated rings. The zero-order chi connectivity index (χ0) is 12.8. The number of carboxylic acids is 1. The highest BCUT2D eigenvalue weighted by Gasteiger charge is 2.24. The van der Waals surface area contributed by atoms with Gasteiger partial charge in [0.2, 0.25) is 5.91 Å². The quantitative estimate of drug-likeness (QED) is 0.802. The molecule has 1 rings (SSSR count). The van der Waals surface area contributed by atoms with E-state index in [1.165, 1.54) is 6.42 Å². The van der Waals surface area contributed by atoms with Crippen LogP contribution >= 0.6 is 0 Å². The van der Waals surface area contributed by atoms with Crippen molar-refractivity contribution < 1.29 is 14.7 Å².